The van der Waals surface area contributed by atoms with E-state index in [2.05, 4.69) is 27.7 Å². The van der Waals surface area contributed by atoms with Crippen LogP contribution in [0.1, 0.15) is 118 Å². The Bertz CT molecular complexity index is 428. The first-order valence-electron chi connectivity index (χ1n) is 13.5. The van der Waals surface area contributed by atoms with E-state index in [0.717, 1.165) is 19.3 Å². The maximum absolute atomic E-state index is 11.1. The fourth-order valence-electron chi connectivity index (χ4n) is 7.01. The molecule has 0 aromatic rings. The van der Waals surface area contributed by atoms with Crippen molar-refractivity contribution in [3.63, 3.8) is 0 Å². The lowest BCUT2D eigenvalue weighted by Gasteiger charge is -2.57. The zero-order valence-corrected chi connectivity index (χ0v) is 20.7. The fourth-order valence-corrected chi connectivity index (χ4v) is 7.01. The first-order chi connectivity index (χ1) is 14.4. The van der Waals surface area contributed by atoms with Gasteiger partial charge in [-0.3, -0.25) is 0 Å². The molecule has 0 saturated heterocycles. The van der Waals surface area contributed by atoms with Gasteiger partial charge in [0.1, 0.15) is 0 Å². The van der Waals surface area contributed by atoms with Crippen molar-refractivity contribution in [2.45, 2.75) is 118 Å². The van der Waals surface area contributed by atoms with E-state index in [9.17, 15) is 9.90 Å². The van der Waals surface area contributed by atoms with Crippen LogP contribution in [0.15, 0.2) is 0 Å². The van der Waals surface area contributed by atoms with Crippen LogP contribution in [0.5, 0.6) is 0 Å². The summed E-state index contributed by atoms with van der Waals surface area (Å²) in [5.74, 6) is 1.38. The van der Waals surface area contributed by atoms with E-state index in [1.165, 1.54) is 101 Å². The molecule has 3 heteroatoms. The second-order valence-corrected chi connectivity index (χ2v) is 11.1. The number of unbranched alkanes of at least 4 members (excludes halogenated alkanes) is 4. The van der Waals surface area contributed by atoms with Crippen LogP contribution in [-0.2, 0) is 4.79 Å². The molecule has 30 heavy (non-hydrogen) atoms. The summed E-state index contributed by atoms with van der Waals surface area (Å²) in [7, 11) is 0. The van der Waals surface area contributed by atoms with E-state index < -0.39 is 11.4 Å². The second kappa shape index (κ2) is 12.5. The van der Waals surface area contributed by atoms with E-state index in [4.69, 9.17) is 0 Å². The molecule has 0 radical (unpaired) electrons. The molecule has 4 aliphatic carbocycles. The van der Waals surface area contributed by atoms with Crippen molar-refractivity contribution in [2.24, 2.45) is 23.2 Å². The van der Waals surface area contributed by atoms with Crippen molar-refractivity contribution >= 4 is 5.97 Å². The highest BCUT2D eigenvalue weighted by Gasteiger charge is 2.51. The van der Waals surface area contributed by atoms with Gasteiger partial charge in [-0.2, -0.15) is 0 Å². The number of aliphatic carboxylic acids is 1. The Balaban J connectivity index is 0.000000218. The van der Waals surface area contributed by atoms with Crippen molar-refractivity contribution in [3.8, 4) is 0 Å². The van der Waals surface area contributed by atoms with Crippen molar-refractivity contribution in [2.75, 3.05) is 26.2 Å². The van der Waals surface area contributed by atoms with Crippen molar-refractivity contribution in [1.82, 2.24) is 0 Å². The summed E-state index contributed by atoms with van der Waals surface area (Å²) in [4.78, 5) is 11.1. The molecule has 0 aliphatic heterocycles. The molecule has 0 amide bonds. The zero-order chi connectivity index (χ0) is 22.0. The normalized spacial score (nSPS) is 29.5. The predicted molar refractivity (Wildman–Crippen MR) is 125 cm³/mol. The maximum atomic E-state index is 11.1. The topological polar surface area (TPSA) is 40.1 Å². The summed E-state index contributed by atoms with van der Waals surface area (Å²) in [5.41, 5.74) is -0.394. The molecular formula is C27H51NO2. The lowest BCUT2D eigenvalue weighted by molar-refractivity contribution is -0.929. The lowest BCUT2D eigenvalue weighted by Crippen LogP contribution is -2.54. The van der Waals surface area contributed by atoms with E-state index in [0.29, 0.717) is 17.8 Å². The smallest absolute Gasteiger partial charge is 0.0786 e. The maximum Gasteiger partial charge on any atom is 0.0786 e. The summed E-state index contributed by atoms with van der Waals surface area (Å²) in [6, 6.07) is 0. The van der Waals surface area contributed by atoms with Gasteiger partial charge in [0.2, 0.25) is 0 Å². The Kier molecular flexibility index (Phi) is 10.7. The van der Waals surface area contributed by atoms with E-state index in [1.54, 1.807) is 0 Å². The van der Waals surface area contributed by atoms with Crippen molar-refractivity contribution in [3.05, 3.63) is 0 Å². The largest absolute Gasteiger partial charge is 0.550 e. The molecule has 4 saturated carbocycles. The van der Waals surface area contributed by atoms with Gasteiger partial charge in [-0.05, 0) is 82.0 Å². The highest BCUT2D eigenvalue weighted by atomic mass is 16.4. The monoisotopic (exact) mass is 421 g/mol. The number of hydrogen-bond acceptors (Lipinski definition) is 2. The van der Waals surface area contributed by atoms with Gasteiger partial charge in [0.05, 0.1) is 26.2 Å². The number of carboxylic acid groups (broad SMARTS) is 1. The Morgan fingerprint density at radius 2 is 1.00 bits per heavy atom. The first-order valence-corrected chi connectivity index (χ1v) is 13.5. The second-order valence-electron chi connectivity index (χ2n) is 11.1. The van der Waals surface area contributed by atoms with Gasteiger partial charge < -0.3 is 14.4 Å². The molecule has 4 rings (SSSR count). The summed E-state index contributed by atoms with van der Waals surface area (Å²) in [6.07, 6.45) is 17.7. The van der Waals surface area contributed by atoms with Gasteiger partial charge in [-0.15, -0.1) is 0 Å². The quantitative estimate of drug-likeness (QED) is 0.344. The minimum atomic E-state index is -0.758. The molecule has 0 unspecified atom stereocenters. The van der Waals surface area contributed by atoms with Crippen LogP contribution in [0.25, 0.3) is 0 Å². The van der Waals surface area contributed by atoms with Gasteiger partial charge in [-0.25, -0.2) is 0 Å². The summed E-state index contributed by atoms with van der Waals surface area (Å²) >= 11 is 0. The molecule has 176 valence electrons. The molecule has 0 heterocycles. The van der Waals surface area contributed by atoms with Crippen LogP contribution in [-0.4, -0.2) is 36.6 Å². The standard InChI is InChI=1S/C16H36N.C11H16O2/c1-5-9-13-17(14-10-6-2,15-11-7-3)16-12-8-4;12-10(13)11-4-7-1-8(5-11)3-9(2-7)6-11/h5-16H2,1-4H3;7-9H,1-6H2,(H,12,13)/q+1;/p-1. The highest BCUT2D eigenvalue weighted by Crippen LogP contribution is 2.59. The molecule has 3 nitrogen and oxygen atoms in total. The predicted octanol–water partition coefficient (Wildman–Crippen LogP) is 5.96. The number of nitrogens with zero attached hydrogens (tertiary/aromatic N) is 1. The average Bonchev–Trinajstić information content (AvgIpc) is 2.72. The third-order valence-electron chi connectivity index (χ3n) is 8.42. The number of carboxylic acids is 1. The molecule has 0 aromatic carbocycles. The van der Waals surface area contributed by atoms with Crippen LogP contribution in [0.4, 0.5) is 0 Å². The highest BCUT2D eigenvalue weighted by molar-refractivity contribution is 5.73. The van der Waals surface area contributed by atoms with Crippen LogP contribution >= 0.6 is 0 Å². The van der Waals surface area contributed by atoms with Crippen molar-refractivity contribution in [1.29, 1.82) is 0 Å². The molecule has 4 fully saturated rings. The van der Waals surface area contributed by atoms with E-state index in [1.807, 2.05) is 0 Å². The van der Waals surface area contributed by atoms with Gasteiger partial charge in [0.25, 0.3) is 0 Å². The SMILES string of the molecule is CCCC[N+](CCCC)(CCCC)CCCC.O=C([O-])C12CC3CC(CC(C3)C1)C2. The number of hydrogen-bond donors (Lipinski definition) is 0. The number of rotatable bonds is 13. The number of quaternary nitrogens is 1. The average molecular weight is 422 g/mol. The third-order valence-corrected chi connectivity index (χ3v) is 8.42. The van der Waals surface area contributed by atoms with Crippen LogP contribution in [0.3, 0.4) is 0 Å². The number of carbonyl (C=O) groups is 1. The van der Waals surface area contributed by atoms with E-state index in [-0.39, 0.29) is 0 Å². The third kappa shape index (κ3) is 6.97. The first kappa shape index (κ1) is 25.7. The minimum absolute atomic E-state index is 0.394. The summed E-state index contributed by atoms with van der Waals surface area (Å²) < 4.78 is 1.42. The molecule has 4 aliphatic rings. The van der Waals surface area contributed by atoms with Crippen LogP contribution in [0.2, 0.25) is 0 Å². The molecule has 0 aromatic heterocycles. The Labute approximate surface area is 187 Å². The Morgan fingerprint density at radius 3 is 1.23 bits per heavy atom. The van der Waals surface area contributed by atoms with E-state index >= 15 is 0 Å². The van der Waals surface area contributed by atoms with Crippen molar-refractivity contribution < 1.29 is 14.4 Å². The fraction of sp³-hybridized carbons (Fsp3) is 0.963. The molecule has 4 bridgehead atoms. The molecule has 0 atom stereocenters. The molecular weight excluding hydrogens is 370 g/mol. The van der Waals surface area contributed by atoms with Gasteiger partial charge in [0.15, 0.2) is 0 Å². The Hall–Kier alpha value is -0.570. The Morgan fingerprint density at radius 1 is 0.700 bits per heavy atom. The summed E-state index contributed by atoms with van der Waals surface area (Å²) in [6.45, 7) is 15.0. The zero-order valence-electron chi connectivity index (χ0n) is 20.7. The lowest BCUT2D eigenvalue weighted by atomic mass is 9.49. The van der Waals surface area contributed by atoms with Gasteiger partial charge >= 0.3 is 0 Å². The van der Waals surface area contributed by atoms with Crippen LogP contribution in [0, 0.1) is 23.2 Å². The summed E-state index contributed by atoms with van der Waals surface area (Å²) in [5, 5.41) is 11.1. The minimum Gasteiger partial charge on any atom is -0.550 e. The molecule has 0 N–H and O–H groups in total. The number of carbonyl (C=O) groups excluding carboxylic acids is 1. The van der Waals surface area contributed by atoms with Gasteiger partial charge in [0, 0.05) is 11.4 Å². The van der Waals surface area contributed by atoms with Gasteiger partial charge in [-0.1, -0.05) is 53.4 Å². The molecule has 0 spiro atoms. The van der Waals surface area contributed by atoms with Crippen LogP contribution < -0.4 is 5.11 Å².